The molecule has 0 aliphatic carbocycles. The maximum atomic E-state index is 12.3. The van der Waals surface area contributed by atoms with E-state index in [0.717, 1.165) is 11.1 Å². The number of nitrogens with zero attached hydrogens (tertiary/aromatic N) is 1. The fraction of sp³-hybridized carbons (Fsp3) is 0.381. The van der Waals surface area contributed by atoms with E-state index >= 15 is 0 Å². The molecule has 156 valence electrons. The Hall–Kier alpha value is -2.42. The van der Waals surface area contributed by atoms with Gasteiger partial charge in [0.15, 0.2) is 0 Å². The minimum Gasteiger partial charge on any atom is -0.410 e. The molecule has 1 fully saturated rings. The number of carbonyl (C=O) groups is 1. The highest BCUT2D eigenvalue weighted by Crippen LogP contribution is 2.17. The molecular weight excluding hydrogens is 392 g/mol. The Labute approximate surface area is 171 Å². The van der Waals surface area contributed by atoms with Gasteiger partial charge in [0.1, 0.15) is 5.75 Å². The van der Waals surface area contributed by atoms with Crippen molar-refractivity contribution in [2.75, 3.05) is 19.6 Å². The number of aryl methyl sites for hydroxylation is 1. The van der Waals surface area contributed by atoms with Crippen molar-refractivity contribution in [3.05, 3.63) is 59.7 Å². The number of hydrogen-bond acceptors (Lipinski definition) is 5. The summed E-state index contributed by atoms with van der Waals surface area (Å²) in [6, 6.07) is 13.7. The molecule has 0 spiro atoms. The van der Waals surface area contributed by atoms with Crippen LogP contribution in [-0.4, -0.2) is 50.3 Å². The number of rotatable bonds is 6. The molecule has 0 aromatic heterocycles. The number of ether oxygens (including phenoxy) is 1. The van der Waals surface area contributed by atoms with Gasteiger partial charge in [0.2, 0.25) is 10.0 Å². The predicted octanol–water partition coefficient (Wildman–Crippen LogP) is 2.47. The Morgan fingerprint density at radius 2 is 1.72 bits per heavy atom. The predicted molar refractivity (Wildman–Crippen MR) is 109 cm³/mol. The van der Waals surface area contributed by atoms with Crippen LogP contribution in [0.5, 0.6) is 5.75 Å². The number of piperidine rings is 1. The molecule has 0 saturated carbocycles. The summed E-state index contributed by atoms with van der Waals surface area (Å²) in [6.45, 7) is 3.14. The Kier molecular flexibility index (Phi) is 6.89. The summed E-state index contributed by atoms with van der Waals surface area (Å²) in [4.78, 5) is 14.0. The van der Waals surface area contributed by atoms with E-state index in [4.69, 9.17) is 4.74 Å². The van der Waals surface area contributed by atoms with Crippen LogP contribution in [0.15, 0.2) is 53.4 Å². The van der Waals surface area contributed by atoms with Crippen LogP contribution in [0, 0.1) is 6.92 Å². The summed E-state index contributed by atoms with van der Waals surface area (Å²) >= 11 is 0. The molecular formula is C21H26N2O5S. The van der Waals surface area contributed by atoms with Crippen LogP contribution >= 0.6 is 0 Å². The second kappa shape index (κ2) is 9.39. The number of likely N-dealkylation sites (tertiary alicyclic amines) is 1. The van der Waals surface area contributed by atoms with E-state index in [9.17, 15) is 18.3 Å². The monoisotopic (exact) mass is 418 g/mol. The topological polar surface area (TPSA) is 95.9 Å². The molecule has 8 heteroatoms. The number of sulfonamides is 1. The van der Waals surface area contributed by atoms with Gasteiger partial charge >= 0.3 is 6.09 Å². The zero-order valence-corrected chi connectivity index (χ0v) is 17.2. The van der Waals surface area contributed by atoms with E-state index in [1.54, 1.807) is 41.3 Å². The average molecular weight is 419 g/mol. The lowest BCUT2D eigenvalue weighted by molar-refractivity contribution is 0.0798. The molecule has 0 unspecified atom stereocenters. The summed E-state index contributed by atoms with van der Waals surface area (Å²) in [5.74, 6) is 0.435. The molecule has 2 N–H and O–H groups in total. The molecule has 29 heavy (non-hydrogen) atoms. The maximum Gasteiger partial charge on any atom is 0.415 e. The summed E-state index contributed by atoms with van der Waals surface area (Å²) in [7, 11) is -3.53. The van der Waals surface area contributed by atoms with Gasteiger partial charge in [-0.1, -0.05) is 29.8 Å². The van der Waals surface area contributed by atoms with E-state index in [2.05, 4.69) is 4.72 Å². The third kappa shape index (κ3) is 6.03. The molecule has 1 aliphatic rings. The largest absolute Gasteiger partial charge is 0.415 e. The molecule has 1 heterocycles. The highest BCUT2D eigenvalue weighted by Gasteiger charge is 2.22. The van der Waals surface area contributed by atoms with Crippen LogP contribution in [0.4, 0.5) is 4.79 Å². The van der Waals surface area contributed by atoms with Crippen LogP contribution in [-0.2, 0) is 16.4 Å². The molecule has 1 aliphatic heterocycles. The van der Waals surface area contributed by atoms with Crippen molar-refractivity contribution in [2.24, 2.45) is 0 Å². The van der Waals surface area contributed by atoms with Crippen molar-refractivity contribution >= 4 is 16.1 Å². The lowest BCUT2D eigenvalue weighted by Crippen LogP contribution is -2.41. The first-order chi connectivity index (χ1) is 13.8. The summed E-state index contributed by atoms with van der Waals surface area (Å²) in [6.07, 6.45) is 0.875. The number of aliphatic hydroxyl groups is 1. The Balaban J connectivity index is 1.48. The first kappa shape index (κ1) is 21.3. The molecule has 2 aromatic carbocycles. The maximum absolute atomic E-state index is 12.3. The van der Waals surface area contributed by atoms with Gasteiger partial charge in [0.25, 0.3) is 0 Å². The van der Waals surface area contributed by atoms with E-state index < -0.39 is 16.1 Å². The second-order valence-electron chi connectivity index (χ2n) is 7.19. The van der Waals surface area contributed by atoms with Crippen molar-refractivity contribution in [1.82, 2.24) is 9.62 Å². The molecule has 1 saturated heterocycles. The van der Waals surface area contributed by atoms with Crippen LogP contribution < -0.4 is 9.46 Å². The van der Waals surface area contributed by atoms with Gasteiger partial charge in [-0.2, -0.15) is 0 Å². The number of benzene rings is 2. The molecule has 0 bridgehead atoms. The van der Waals surface area contributed by atoms with Gasteiger partial charge in [-0.15, -0.1) is 0 Å². The van der Waals surface area contributed by atoms with Crippen molar-refractivity contribution in [3.63, 3.8) is 0 Å². The Morgan fingerprint density at radius 1 is 1.10 bits per heavy atom. The third-order valence-electron chi connectivity index (χ3n) is 4.89. The molecule has 1 amide bonds. The number of nitrogens with one attached hydrogen (secondary N) is 1. The van der Waals surface area contributed by atoms with E-state index in [0.29, 0.717) is 38.1 Å². The van der Waals surface area contributed by atoms with Crippen LogP contribution in [0.1, 0.15) is 24.0 Å². The highest BCUT2D eigenvalue weighted by atomic mass is 32.2. The van der Waals surface area contributed by atoms with Crippen molar-refractivity contribution in [3.8, 4) is 5.75 Å². The normalized spacial score (nSPS) is 15.3. The zero-order valence-electron chi connectivity index (χ0n) is 16.4. The quantitative estimate of drug-likeness (QED) is 0.751. The van der Waals surface area contributed by atoms with Gasteiger partial charge in [0.05, 0.1) is 11.0 Å². The summed E-state index contributed by atoms with van der Waals surface area (Å²) in [5, 5.41) is 9.50. The number of aliphatic hydroxyl groups excluding tert-OH is 1. The van der Waals surface area contributed by atoms with Gasteiger partial charge in [0, 0.05) is 19.6 Å². The Morgan fingerprint density at radius 3 is 2.34 bits per heavy atom. The summed E-state index contributed by atoms with van der Waals surface area (Å²) in [5.41, 5.74) is 1.93. The van der Waals surface area contributed by atoms with Crippen LogP contribution in [0.2, 0.25) is 0 Å². The highest BCUT2D eigenvalue weighted by molar-refractivity contribution is 7.89. The van der Waals surface area contributed by atoms with Gasteiger partial charge in [-0.3, -0.25) is 0 Å². The van der Waals surface area contributed by atoms with Crippen molar-refractivity contribution in [1.29, 1.82) is 0 Å². The molecule has 0 atom stereocenters. The van der Waals surface area contributed by atoms with E-state index in [1.807, 2.05) is 19.1 Å². The van der Waals surface area contributed by atoms with E-state index in [1.165, 1.54) is 0 Å². The first-order valence-corrected chi connectivity index (χ1v) is 11.1. The minimum absolute atomic E-state index is 0.246. The number of amides is 1. The lowest BCUT2D eigenvalue weighted by Gasteiger charge is -2.28. The average Bonchev–Trinajstić information content (AvgIpc) is 2.70. The molecule has 0 radical (unpaired) electrons. The lowest BCUT2D eigenvalue weighted by atomic mass is 10.1. The van der Waals surface area contributed by atoms with Crippen molar-refractivity contribution in [2.45, 2.75) is 37.2 Å². The molecule has 2 aromatic rings. The fourth-order valence-corrected chi connectivity index (χ4v) is 4.10. The van der Waals surface area contributed by atoms with Crippen LogP contribution in [0.25, 0.3) is 0 Å². The second-order valence-corrected chi connectivity index (χ2v) is 8.96. The number of hydrogen-bond donors (Lipinski definition) is 2. The van der Waals surface area contributed by atoms with Gasteiger partial charge in [-0.05, 0) is 56.0 Å². The first-order valence-electron chi connectivity index (χ1n) is 9.63. The third-order valence-corrected chi connectivity index (χ3v) is 6.37. The van der Waals surface area contributed by atoms with Crippen molar-refractivity contribution < 1.29 is 23.1 Å². The minimum atomic E-state index is -3.53. The Bertz CT molecular complexity index is 919. The SMILES string of the molecule is Cc1ccc(S(=O)(=O)NCCc2ccc(OC(=O)N3CCC(O)CC3)cc2)cc1. The fourth-order valence-electron chi connectivity index (χ4n) is 3.07. The molecule has 3 rings (SSSR count). The van der Waals surface area contributed by atoms with Gasteiger partial charge < -0.3 is 14.7 Å². The van der Waals surface area contributed by atoms with Crippen LogP contribution in [0.3, 0.4) is 0 Å². The standard InChI is InChI=1S/C21H26N2O5S/c1-16-2-8-20(9-3-16)29(26,27)22-13-10-17-4-6-19(7-5-17)28-21(25)23-14-11-18(24)12-15-23/h2-9,18,22,24H,10-15H2,1H3. The van der Waals surface area contributed by atoms with E-state index in [-0.39, 0.29) is 17.5 Å². The number of carbonyl (C=O) groups excluding carboxylic acids is 1. The summed E-state index contributed by atoms with van der Waals surface area (Å²) < 4.78 is 32.5. The smallest absolute Gasteiger partial charge is 0.410 e. The van der Waals surface area contributed by atoms with Gasteiger partial charge in [-0.25, -0.2) is 17.9 Å². The molecule has 7 nitrogen and oxygen atoms in total. The zero-order chi connectivity index (χ0) is 20.9.